The zero-order valence-corrected chi connectivity index (χ0v) is 12.6. The van der Waals surface area contributed by atoms with E-state index in [1.165, 1.54) is 11.1 Å². The summed E-state index contributed by atoms with van der Waals surface area (Å²) in [6.45, 7) is 4.79. The van der Waals surface area contributed by atoms with Crippen LogP contribution in [-0.2, 0) is 6.54 Å². The first-order valence-electron chi connectivity index (χ1n) is 5.67. The molecule has 0 atom stereocenters. The van der Waals surface area contributed by atoms with Gasteiger partial charge in [-0.1, -0.05) is 39.7 Å². The molecule has 4 heteroatoms. The van der Waals surface area contributed by atoms with Crippen molar-refractivity contribution in [3.05, 3.63) is 56.8 Å². The van der Waals surface area contributed by atoms with E-state index in [-0.39, 0.29) is 0 Å². The van der Waals surface area contributed by atoms with E-state index in [0.717, 1.165) is 22.3 Å². The lowest BCUT2D eigenvalue weighted by Crippen LogP contribution is -2.00. The summed E-state index contributed by atoms with van der Waals surface area (Å²) in [4.78, 5) is 4.12. The molecule has 0 saturated heterocycles. The van der Waals surface area contributed by atoms with Gasteiger partial charge in [0, 0.05) is 11.0 Å². The Bertz CT molecular complexity index is 518. The molecule has 0 amide bonds. The van der Waals surface area contributed by atoms with Gasteiger partial charge in [-0.2, -0.15) is 0 Å². The lowest BCUT2D eigenvalue weighted by atomic mass is 10.1. The number of pyridine rings is 1. The molecule has 0 aliphatic carbocycles. The Morgan fingerprint density at radius 1 is 1.22 bits per heavy atom. The van der Waals surface area contributed by atoms with Crippen LogP contribution in [0.25, 0.3) is 0 Å². The summed E-state index contributed by atoms with van der Waals surface area (Å²) in [7, 11) is 0. The summed E-state index contributed by atoms with van der Waals surface area (Å²) in [5, 5.41) is 3.89. The molecule has 1 aromatic heterocycles. The number of halogens is 2. The molecule has 0 aliphatic rings. The Morgan fingerprint density at radius 2 is 2.00 bits per heavy atom. The highest BCUT2D eigenvalue weighted by Gasteiger charge is 2.00. The molecular formula is C14H14BrClN2. The summed E-state index contributed by atoms with van der Waals surface area (Å²) in [5.41, 5.74) is 4.42. The Balaban J connectivity index is 2.06. The standard InChI is InChI=1S/C14H14BrClN2/c1-9-3-4-11(6-13(9)15)7-17-12-5-10(2)14(16)18-8-12/h3-6,8,17H,7H2,1-2H3. The van der Waals surface area contributed by atoms with Crippen molar-refractivity contribution >= 4 is 33.2 Å². The molecule has 2 rings (SSSR count). The Hall–Kier alpha value is -1.06. The number of aryl methyl sites for hydroxylation is 2. The molecule has 2 nitrogen and oxygen atoms in total. The molecule has 2 aromatic rings. The molecule has 18 heavy (non-hydrogen) atoms. The van der Waals surface area contributed by atoms with Crippen molar-refractivity contribution in [1.29, 1.82) is 0 Å². The highest BCUT2D eigenvalue weighted by Crippen LogP contribution is 2.19. The molecular weight excluding hydrogens is 312 g/mol. The number of benzene rings is 1. The molecule has 0 unspecified atom stereocenters. The van der Waals surface area contributed by atoms with Gasteiger partial charge in [0.25, 0.3) is 0 Å². The first-order chi connectivity index (χ1) is 8.56. The van der Waals surface area contributed by atoms with Crippen LogP contribution in [0.1, 0.15) is 16.7 Å². The maximum absolute atomic E-state index is 5.89. The molecule has 1 heterocycles. The molecule has 0 aliphatic heterocycles. The van der Waals surface area contributed by atoms with Crippen molar-refractivity contribution in [2.24, 2.45) is 0 Å². The Labute approximate surface area is 121 Å². The number of nitrogens with one attached hydrogen (secondary N) is 1. The van der Waals surface area contributed by atoms with Gasteiger partial charge < -0.3 is 5.32 Å². The maximum Gasteiger partial charge on any atom is 0.132 e. The van der Waals surface area contributed by atoms with Crippen LogP contribution in [0.15, 0.2) is 34.9 Å². The van der Waals surface area contributed by atoms with Gasteiger partial charge in [0.2, 0.25) is 0 Å². The van der Waals surface area contributed by atoms with Crippen molar-refractivity contribution in [3.63, 3.8) is 0 Å². The fraction of sp³-hybridized carbons (Fsp3) is 0.214. The van der Waals surface area contributed by atoms with E-state index in [9.17, 15) is 0 Å². The van der Waals surface area contributed by atoms with Crippen LogP contribution >= 0.6 is 27.5 Å². The third-order valence-corrected chi connectivity index (χ3v) is 4.00. The van der Waals surface area contributed by atoms with Crippen molar-refractivity contribution in [3.8, 4) is 0 Å². The Kier molecular flexibility index (Phi) is 4.25. The lowest BCUT2D eigenvalue weighted by Gasteiger charge is -2.08. The minimum atomic E-state index is 0.554. The average Bonchev–Trinajstić information content (AvgIpc) is 2.35. The summed E-state index contributed by atoms with van der Waals surface area (Å²) in [6, 6.07) is 8.34. The number of nitrogens with zero attached hydrogens (tertiary/aromatic N) is 1. The fourth-order valence-corrected chi connectivity index (χ4v) is 2.13. The van der Waals surface area contributed by atoms with Gasteiger partial charge >= 0.3 is 0 Å². The van der Waals surface area contributed by atoms with Gasteiger partial charge in [0.05, 0.1) is 11.9 Å². The molecule has 0 saturated carbocycles. The molecule has 94 valence electrons. The van der Waals surface area contributed by atoms with Gasteiger partial charge in [0.1, 0.15) is 5.15 Å². The zero-order valence-electron chi connectivity index (χ0n) is 10.3. The number of hydrogen-bond acceptors (Lipinski definition) is 2. The van der Waals surface area contributed by atoms with Crippen LogP contribution in [0.2, 0.25) is 5.15 Å². The van der Waals surface area contributed by atoms with Crippen molar-refractivity contribution in [1.82, 2.24) is 4.98 Å². The summed E-state index contributed by atoms with van der Waals surface area (Å²) in [5.74, 6) is 0. The SMILES string of the molecule is Cc1ccc(CNc2cnc(Cl)c(C)c2)cc1Br. The normalized spacial score (nSPS) is 10.4. The molecule has 0 fully saturated rings. The van der Waals surface area contributed by atoms with Crippen molar-refractivity contribution < 1.29 is 0 Å². The highest BCUT2D eigenvalue weighted by molar-refractivity contribution is 9.10. The second-order valence-electron chi connectivity index (χ2n) is 4.27. The number of anilines is 1. The van der Waals surface area contributed by atoms with Crippen LogP contribution in [-0.4, -0.2) is 4.98 Å². The smallest absolute Gasteiger partial charge is 0.132 e. The number of aromatic nitrogens is 1. The van der Waals surface area contributed by atoms with Gasteiger partial charge in [0.15, 0.2) is 0 Å². The predicted molar refractivity (Wildman–Crippen MR) is 80.2 cm³/mol. The maximum atomic E-state index is 5.89. The molecule has 1 N–H and O–H groups in total. The second kappa shape index (κ2) is 5.72. The number of hydrogen-bond donors (Lipinski definition) is 1. The van der Waals surface area contributed by atoms with Gasteiger partial charge in [-0.25, -0.2) is 4.98 Å². The first-order valence-corrected chi connectivity index (χ1v) is 6.84. The summed E-state index contributed by atoms with van der Waals surface area (Å²) < 4.78 is 1.13. The quantitative estimate of drug-likeness (QED) is 0.825. The van der Waals surface area contributed by atoms with E-state index in [0.29, 0.717) is 5.15 Å². The van der Waals surface area contributed by atoms with E-state index in [2.05, 4.69) is 51.4 Å². The lowest BCUT2D eigenvalue weighted by molar-refractivity contribution is 1.12. The monoisotopic (exact) mass is 324 g/mol. The van der Waals surface area contributed by atoms with Crippen molar-refractivity contribution in [2.75, 3.05) is 5.32 Å². The molecule has 0 bridgehead atoms. The summed E-state index contributed by atoms with van der Waals surface area (Å²) >= 11 is 9.43. The van der Waals surface area contributed by atoms with Gasteiger partial charge in [-0.15, -0.1) is 0 Å². The fourth-order valence-electron chi connectivity index (χ4n) is 1.61. The molecule has 0 spiro atoms. The van der Waals surface area contributed by atoms with Crippen LogP contribution in [0.5, 0.6) is 0 Å². The largest absolute Gasteiger partial charge is 0.380 e. The second-order valence-corrected chi connectivity index (χ2v) is 5.48. The van der Waals surface area contributed by atoms with E-state index < -0.39 is 0 Å². The van der Waals surface area contributed by atoms with Crippen LogP contribution in [0.4, 0.5) is 5.69 Å². The molecule has 1 aromatic carbocycles. The van der Waals surface area contributed by atoms with E-state index >= 15 is 0 Å². The minimum absolute atomic E-state index is 0.554. The van der Waals surface area contributed by atoms with Gasteiger partial charge in [-0.3, -0.25) is 0 Å². The van der Waals surface area contributed by atoms with E-state index in [4.69, 9.17) is 11.6 Å². The third kappa shape index (κ3) is 3.24. The van der Waals surface area contributed by atoms with E-state index in [1.54, 1.807) is 6.20 Å². The van der Waals surface area contributed by atoms with Gasteiger partial charge in [-0.05, 0) is 42.7 Å². The van der Waals surface area contributed by atoms with Crippen molar-refractivity contribution in [2.45, 2.75) is 20.4 Å². The topological polar surface area (TPSA) is 24.9 Å². The zero-order chi connectivity index (χ0) is 13.1. The highest BCUT2D eigenvalue weighted by atomic mass is 79.9. The number of rotatable bonds is 3. The molecule has 0 radical (unpaired) electrons. The first kappa shape index (κ1) is 13.4. The third-order valence-electron chi connectivity index (χ3n) is 2.75. The Morgan fingerprint density at radius 3 is 2.67 bits per heavy atom. The van der Waals surface area contributed by atoms with Crippen LogP contribution in [0.3, 0.4) is 0 Å². The van der Waals surface area contributed by atoms with Crippen LogP contribution < -0.4 is 5.32 Å². The van der Waals surface area contributed by atoms with Crippen LogP contribution in [0, 0.1) is 13.8 Å². The summed E-state index contributed by atoms with van der Waals surface area (Å²) in [6.07, 6.45) is 1.75. The predicted octanol–water partition coefficient (Wildman–Crippen LogP) is 4.73. The minimum Gasteiger partial charge on any atom is -0.380 e. The van der Waals surface area contributed by atoms with E-state index in [1.807, 2.05) is 13.0 Å². The average molecular weight is 326 g/mol.